The van der Waals surface area contributed by atoms with Gasteiger partial charge in [-0.3, -0.25) is 4.79 Å². The van der Waals surface area contributed by atoms with Gasteiger partial charge in [-0.05, 0) is 20.3 Å². The zero-order valence-corrected chi connectivity index (χ0v) is 12.3. The van der Waals surface area contributed by atoms with Crippen LogP contribution in [-0.2, 0) is 4.79 Å². The molecule has 2 rings (SSSR count). The molecule has 110 valence electrons. The molecule has 2 heterocycles. The summed E-state index contributed by atoms with van der Waals surface area (Å²) in [6.07, 6.45) is 0.938. The molecule has 0 bridgehead atoms. The molecule has 0 spiro atoms. The maximum Gasteiger partial charge on any atom is 0.219 e. The number of nitrogens with one attached hydrogen (secondary N) is 1. The predicted molar refractivity (Wildman–Crippen MR) is 78.4 cm³/mol. The molecule has 7 nitrogen and oxygen atoms in total. The van der Waals surface area contributed by atoms with Crippen LogP contribution >= 0.6 is 0 Å². The van der Waals surface area contributed by atoms with Crippen LogP contribution in [0.25, 0.3) is 0 Å². The lowest BCUT2D eigenvalue weighted by atomic mass is 10.2. The molecule has 0 radical (unpaired) electrons. The van der Waals surface area contributed by atoms with Crippen molar-refractivity contribution in [2.45, 2.75) is 27.2 Å². The highest BCUT2D eigenvalue weighted by Gasteiger charge is 2.20. The first-order valence-corrected chi connectivity index (χ1v) is 6.85. The minimum Gasteiger partial charge on any atom is -0.354 e. The summed E-state index contributed by atoms with van der Waals surface area (Å²) in [7, 11) is 0. The summed E-state index contributed by atoms with van der Waals surface area (Å²) in [4.78, 5) is 24.4. The number of amides is 1. The zero-order valence-electron chi connectivity index (χ0n) is 12.3. The topological polar surface area (TPSA) is 87.4 Å². The summed E-state index contributed by atoms with van der Waals surface area (Å²) < 4.78 is 0. The molecule has 1 aromatic heterocycles. The van der Waals surface area contributed by atoms with E-state index in [9.17, 15) is 4.79 Å². The van der Waals surface area contributed by atoms with Gasteiger partial charge >= 0.3 is 0 Å². The van der Waals surface area contributed by atoms with Gasteiger partial charge in [-0.15, -0.1) is 0 Å². The van der Waals surface area contributed by atoms with Gasteiger partial charge in [0.2, 0.25) is 5.91 Å². The van der Waals surface area contributed by atoms with E-state index >= 15 is 0 Å². The summed E-state index contributed by atoms with van der Waals surface area (Å²) in [6.45, 7) is 8.61. The smallest absolute Gasteiger partial charge is 0.219 e. The standard InChI is InChI=1S/C13H22N6O/c1-9-12(17-14)15-10(2)16-13(9)19-6-4-5-18(7-8-19)11(3)20/h4-8,14H2,1-3H3,(H,15,16,17). The van der Waals surface area contributed by atoms with Crippen LogP contribution in [0.2, 0.25) is 0 Å². The van der Waals surface area contributed by atoms with Crippen LogP contribution in [0.4, 0.5) is 11.6 Å². The molecule has 0 aliphatic carbocycles. The maximum absolute atomic E-state index is 11.5. The molecule has 0 unspecified atom stereocenters. The Kier molecular flexibility index (Phi) is 4.39. The Morgan fingerprint density at radius 1 is 1.20 bits per heavy atom. The van der Waals surface area contributed by atoms with Gasteiger partial charge in [0, 0.05) is 38.7 Å². The predicted octanol–water partition coefficient (Wildman–Crippen LogP) is 0.438. The second-order valence-corrected chi connectivity index (χ2v) is 5.06. The van der Waals surface area contributed by atoms with E-state index in [1.165, 1.54) is 0 Å². The Morgan fingerprint density at radius 2 is 1.95 bits per heavy atom. The minimum atomic E-state index is 0.131. The molecule has 0 aromatic carbocycles. The van der Waals surface area contributed by atoms with Gasteiger partial charge in [-0.25, -0.2) is 15.8 Å². The van der Waals surface area contributed by atoms with E-state index < -0.39 is 0 Å². The fourth-order valence-electron chi connectivity index (χ4n) is 2.51. The van der Waals surface area contributed by atoms with E-state index in [1.54, 1.807) is 6.92 Å². The molecule has 0 atom stereocenters. The summed E-state index contributed by atoms with van der Waals surface area (Å²) in [5.41, 5.74) is 3.56. The molecule has 3 N–H and O–H groups in total. The molecule has 1 saturated heterocycles. The number of carbonyl (C=O) groups is 1. The first kappa shape index (κ1) is 14.5. The Morgan fingerprint density at radius 3 is 2.60 bits per heavy atom. The van der Waals surface area contributed by atoms with Crippen molar-refractivity contribution in [3.63, 3.8) is 0 Å². The number of carbonyl (C=O) groups excluding carboxylic acids is 1. The first-order valence-electron chi connectivity index (χ1n) is 6.85. The lowest BCUT2D eigenvalue weighted by Crippen LogP contribution is -2.34. The van der Waals surface area contributed by atoms with Crippen LogP contribution in [0.3, 0.4) is 0 Å². The van der Waals surface area contributed by atoms with E-state index in [-0.39, 0.29) is 5.91 Å². The van der Waals surface area contributed by atoms with Gasteiger partial charge in [0.15, 0.2) is 0 Å². The van der Waals surface area contributed by atoms with Crippen molar-refractivity contribution in [2.75, 3.05) is 36.5 Å². The van der Waals surface area contributed by atoms with Gasteiger partial charge in [0.25, 0.3) is 0 Å². The fourth-order valence-corrected chi connectivity index (χ4v) is 2.51. The highest BCUT2D eigenvalue weighted by molar-refractivity contribution is 5.73. The normalized spacial score (nSPS) is 16.0. The lowest BCUT2D eigenvalue weighted by Gasteiger charge is -2.24. The average Bonchev–Trinajstić information content (AvgIpc) is 2.66. The Labute approximate surface area is 119 Å². The second kappa shape index (κ2) is 6.04. The molecule has 1 aliphatic heterocycles. The van der Waals surface area contributed by atoms with Gasteiger partial charge in [0.05, 0.1) is 0 Å². The van der Waals surface area contributed by atoms with Gasteiger partial charge in [0.1, 0.15) is 17.5 Å². The van der Waals surface area contributed by atoms with Crippen LogP contribution < -0.4 is 16.2 Å². The van der Waals surface area contributed by atoms with Gasteiger partial charge in [-0.2, -0.15) is 0 Å². The van der Waals surface area contributed by atoms with Crippen molar-refractivity contribution in [2.24, 2.45) is 5.84 Å². The molecule has 0 saturated carbocycles. The summed E-state index contributed by atoms with van der Waals surface area (Å²) in [6, 6.07) is 0. The number of nitrogens with zero attached hydrogens (tertiary/aromatic N) is 4. The molecule has 1 amide bonds. The molecular formula is C13H22N6O. The van der Waals surface area contributed by atoms with Crippen LogP contribution in [-0.4, -0.2) is 47.0 Å². The van der Waals surface area contributed by atoms with Crippen molar-refractivity contribution in [3.8, 4) is 0 Å². The van der Waals surface area contributed by atoms with E-state index in [4.69, 9.17) is 5.84 Å². The second-order valence-electron chi connectivity index (χ2n) is 5.06. The third-order valence-electron chi connectivity index (χ3n) is 3.61. The van der Waals surface area contributed by atoms with Crippen molar-refractivity contribution in [1.29, 1.82) is 0 Å². The number of nitrogen functional groups attached to an aromatic ring is 1. The summed E-state index contributed by atoms with van der Waals surface area (Å²) >= 11 is 0. The number of aromatic nitrogens is 2. The maximum atomic E-state index is 11.5. The number of anilines is 2. The van der Waals surface area contributed by atoms with E-state index in [2.05, 4.69) is 20.3 Å². The van der Waals surface area contributed by atoms with Crippen LogP contribution in [0.5, 0.6) is 0 Å². The molecule has 1 aliphatic rings. The van der Waals surface area contributed by atoms with E-state index in [0.29, 0.717) is 11.6 Å². The quantitative estimate of drug-likeness (QED) is 0.603. The van der Waals surface area contributed by atoms with Crippen molar-refractivity contribution in [3.05, 3.63) is 11.4 Å². The number of hydrogen-bond acceptors (Lipinski definition) is 6. The highest BCUT2D eigenvalue weighted by Crippen LogP contribution is 2.23. The molecule has 1 fully saturated rings. The van der Waals surface area contributed by atoms with Crippen molar-refractivity contribution < 1.29 is 4.79 Å². The third kappa shape index (κ3) is 2.98. The number of rotatable bonds is 2. The first-order chi connectivity index (χ1) is 9.52. The van der Waals surface area contributed by atoms with E-state index in [0.717, 1.165) is 44.0 Å². The Bertz CT molecular complexity index is 504. The molecule has 7 heteroatoms. The largest absolute Gasteiger partial charge is 0.354 e. The Balaban J connectivity index is 2.23. The summed E-state index contributed by atoms with van der Waals surface area (Å²) in [5, 5.41) is 0. The third-order valence-corrected chi connectivity index (χ3v) is 3.61. The average molecular weight is 278 g/mol. The number of aryl methyl sites for hydroxylation is 1. The minimum absolute atomic E-state index is 0.131. The number of hydrazine groups is 1. The summed E-state index contributed by atoms with van der Waals surface area (Å²) in [5.74, 6) is 7.87. The number of nitrogens with two attached hydrogens (primary N) is 1. The number of hydrogen-bond donors (Lipinski definition) is 2. The monoisotopic (exact) mass is 278 g/mol. The van der Waals surface area contributed by atoms with Crippen LogP contribution in [0.1, 0.15) is 24.7 Å². The SMILES string of the molecule is CC(=O)N1CCCN(c2nc(C)nc(NN)c2C)CC1. The van der Waals surface area contributed by atoms with Gasteiger partial charge in [-0.1, -0.05) is 0 Å². The molecular weight excluding hydrogens is 256 g/mol. The Hall–Kier alpha value is -1.89. The molecule has 1 aromatic rings. The van der Waals surface area contributed by atoms with Crippen molar-refractivity contribution in [1.82, 2.24) is 14.9 Å². The van der Waals surface area contributed by atoms with Crippen molar-refractivity contribution >= 4 is 17.5 Å². The molecule has 20 heavy (non-hydrogen) atoms. The van der Waals surface area contributed by atoms with Gasteiger partial charge < -0.3 is 15.2 Å². The van der Waals surface area contributed by atoms with Crippen LogP contribution in [0, 0.1) is 13.8 Å². The van der Waals surface area contributed by atoms with Crippen LogP contribution in [0.15, 0.2) is 0 Å². The fraction of sp³-hybridized carbons (Fsp3) is 0.615. The zero-order chi connectivity index (χ0) is 14.7. The van der Waals surface area contributed by atoms with E-state index in [1.807, 2.05) is 18.7 Å². The highest BCUT2D eigenvalue weighted by atomic mass is 16.2. The lowest BCUT2D eigenvalue weighted by molar-refractivity contribution is -0.128.